The zero-order valence-electron chi connectivity index (χ0n) is 14.9. The van der Waals surface area contributed by atoms with E-state index >= 15 is 0 Å². The highest BCUT2D eigenvalue weighted by Gasteiger charge is 2.24. The number of nitrogens with one attached hydrogen (secondary N) is 1. The van der Waals surface area contributed by atoms with Crippen molar-refractivity contribution in [3.63, 3.8) is 0 Å². The van der Waals surface area contributed by atoms with Crippen molar-refractivity contribution in [2.75, 3.05) is 19.6 Å². The fraction of sp³-hybridized carbons (Fsp3) is 0.529. The van der Waals surface area contributed by atoms with Crippen LogP contribution in [-0.2, 0) is 14.8 Å². The molecule has 8 heteroatoms. The Morgan fingerprint density at radius 3 is 2.36 bits per heavy atom. The Morgan fingerprint density at radius 2 is 1.80 bits per heavy atom. The molecule has 0 aliphatic carbocycles. The van der Waals surface area contributed by atoms with Gasteiger partial charge in [-0.1, -0.05) is 19.9 Å². The maximum atomic E-state index is 12.7. The van der Waals surface area contributed by atoms with Gasteiger partial charge in [0.05, 0.1) is 4.90 Å². The second kappa shape index (κ2) is 9.53. The van der Waals surface area contributed by atoms with Crippen LogP contribution >= 0.6 is 0 Å². The molecule has 7 nitrogen and oxygen atoms in total. The lowest BCUT2D eigenvalue weighted by atomic mass is 10.1. The summed E-state index contributed by atoms with van der Waals surface area (Å²) in [4.78, 5) is 22.8. The molecule has 0 radical (unpaired) electrons. The van der Waals surface area contributed by atoms with E-state index in [1.807, 2.05) is 0 Å². The maximum absolute atomic E-state index is 12.7. The molecule has 0 heterocycles. The Balaban J connectivity index is 2.87. The lowest BCUT2D eigenvalue weighted by Gasteiger charge is -2.20. The van der Waals surface area contributed by atoms with E-state index in [1.165, 1.54) is 10.4 Å². The number of benzene rings is 1. The first-order valence-corrected chi connectivity index (χ1v) is 9.78. The van der Waals surface area contributed by atoms with Gasteiger partial charge in [-0.3, -0.25) is 9.59 Å². The summed E-state index contributed by atoms with van der Waals surface area (Å²) < 4.78 is 26.7. The zero-order chi connectivity index (χ0) is 19.0. The number of nitrogens with zero attached hydrogens (tertiary/aromatic N) is 1. The molecule has 0 aliphatic rings. The number of amides is 1. The normalized spacial score (nSPS) is 11.5. The highest BCUT2D eigenvalue weighted by Crippen LogP contribution is 2.21. The topological polar surface area (TPSA) is 104 Å². The van der Waals surface area contributed by atoms with Gasteiger partial charge in [-0.2, -0.15) is 4.31 Å². The van der Waals surface area contributed by atoms with Gasteiger partial charge in [-0.15, -0.1) is 0 Å². The van der Waals surface area contributed by atoms with Crippen LogP contribution < -0.4 is 5.32 Å². The van der Waals surface area contributed by atoms with E-state index in [1.54, 1.807) is 32.9 Å². The number of sulfonamides is 1. The largest absolute Gasteiger partial charge is 0.481 e. The van der Waals surface area contributed by atoms with Gasteiger partial charge in [0.1, 0.15) is 0 Å². The number of hydrogen-bond donors (Lipinski definition) is 2. The molecular weight excluding hydrogens is 344 g/mol. The van der Waals surface area contributed by atoms with E-state index in [9.17, 15) is 18.0 Å². The standard InChI is InChI=1S/C17H26N2O5S/c1-4-19(5-2)25(23,24)15-12-14(10-9-13(15)3)17(22)18-11-7-6-8-16(20)21/h9-10,12H,4-8,11H2,1-3H3,(H,18,22)(H,20,21). The van der Waals surface area contributed by atoms with Crippen LogP contribution in [0.2, 0.25) is 0 Å². The van der Waals surface area contributed by atoms with Gasteiger partial charge in [0.2, 0.25) is 10.0 Å². The van der Waals surface area contributed by atoms with Crippen molar-refractivity contribution in [1.29, 1.82) is 0 Å². The minimum atomic E-state index is -3.64. The Labute approximate surface area is 149 Å². The summed E-state index contributed by atoms with van der Waals surface area (Å²) in [5, 5.41) is 11.3. The molecule has 0 bridgehead atoms. The van der Waals surface area contributed by atoms with E-state index in [-0.39, 0.29) is 22.8 Å². The highest BCUT2D eigenvalue weighted by molar-refractivity contribution is 7.89. The molecule has 1 amide bonds. The second-order valence-electron chi connectivity index (χ2n) is 5.68. The molecular formula is C17H26N2O5S. The first kappa shape index (κ1) is 21.1. The molecule has 0 saturated carbocycles. The van der Waals surface area contributed by atoms with Gasteiger partial charge >= 0.3 is 5.97 Å². The summed E-state index contributed by atoms with van der Waals surface area (Å²) in [5.41, 5.74) is 0.861. The number of rotatable bonds is 10. The molecule has 0 saturated heterocycles. The van der Waals surface area contributed by atoms with E-state index in [4.69, 9.17) is 5.11 Å². The highest BCUT2D eigenvalue weighted by atomic mass is 32.2. The van der Waals surface area contributed by atoms with Crippen molar-refractivity contribution < 1.29 is 23.1 Å². The summed E-state index contributed by atoms with van der Waals surface area (Å²) >= 11 is 0. The minimum absolute atomic E-state index is 0.0622. The summed E-state index contributed by atoms with van der Waals surface area (Å²) in [6.45, 7) is 6.30. The lowest BCUT2D eigenvalue weighted by Crippen LogP contribution is -2.31. The molecule has 25 heavy (non-hydrogen) atoms. The predicted molar refractivity (Wildman–Crippen MR) is 95.1 cm³/mol. The number of aryl methyl sites for hydroxylation is 1. The molecule has 1 rings (SSSR count). The maximum Gasteiger partial charge on any atom is 0.303 e. The van der Waals surface area contributed by atoms with Gasteiger partial charge in [0.15, 0.2) is 0 Å². The molecule has 0 aromatic heterocycles. The summed E-state index contributed by atoms with van der Waals surface area (Å²) in [7, 11) is -3.64. The second-order valence-corrected chi connectivity index (χ2v) is 7.58. The van der Waals surface area contributed by atoms with Gasteiger partial charge < -0.3 is 10.4 Å². The third kappa shape index (κ3) is 5.82. The van der Waals surface area contributed by atoms with Crippen LogP contribution in [0.15, 0.2) is 23.1 Å². The Kier molecular flexibility index (Phi) is 8.05. The minimum Gasteiger partial charge on any atom is -0.481 e. The Hall–Kier alpha value is -1.93. The number of carbonyl (C=O) groups excluding carboxylic acids is 1. The summed E-state index contributed by atoms with van der Waals surface area (Å²) in [5.74, 6) is -1.23. The first-order chi connectivity index (χ1) is 11.7. The van der Waals surface area contributed by atoms with Gasteiger partial charge in [0.25, 0.3) is 5.91 Å². The third-order valence-electron chi connectivity index (χ3n) is 3.88. The zero-order valence-corrected chi connectivity index (χ0v) is 15.7. The summed E-state index contributed by atoms with van der Waals surface area (Å²) in [6.07, 6.45) is 1.09. The van der Waals surface area contributed by atoms with E-state index in [2.05, 4.69) is 5.32 Å². The van der Waals surface area contributed by atoms with Gasteiger partial charge in [0, 0.05) is 31.6 Å². The van der Waals surface area contributed by atoms with E-state index < -0.39 is 16.0 Å². The van der Waals surface area contributed by atoms with E-state index in [0.29, 0.717) is 38.0 Å². The lowest BCUT2D eigenvalue weighted by molar-refractivity contribution is -0.137. The fourth-order valence-corrected chi connectivity index (χ4v) is 4.14. The molecule has 0 atom stereocenters. The molecule has 0 fully saturated rings. The number of carboxylic acids is 1. The molecule has 140 valence electrons. The molecule has 0 spiro atoms. The van der Waals surface area contributed by atoms with Crippen molar-refractivity contribution in [3.05, 3.63) is 29.3 Å². The molecule has 1 aromatic carbocycles. The summed E-state index contributed by atoms with van der Waals surface area (Å²) in [6, 6.07) is 4.61. The number of unbranched alkanes of at least 4 members (excludes halogenated alkanes) is 1. The average molecular weight is 370 g/mol. The number of carbonyl (C=O) groups is 2. The monoisotopic (exact) mass is 370 g/mol. The van der Waals surface area contributed by atoms with Crippen molar-refractivity contribution in [1.82, 2.24) is 9.62 Å². The number of aliphatic carboxylic acids is 1. The number of carboxylic acid groups (broad SMARTS) is 1. The Bertz CT molecular complexity index is 712. The van der Waals surface area contributed by atoms with Crippen LogP contribution in [0.25, 0.3) is 0 Å². The number of hydrogen-bond acceptors (Lipinski definition) is 4. The smallest absolute Gasteiger partial charge is 0.303 e. The van der Waals surface area contributed by atoms with Crippen molar-refractivity contribution in [2.24, 2.45) is 0 Å². The van der Waals surface area contributed by atoms with Crippen molar-refractivity contribution >= 4 is 21.9 Å². The van der Waals surface area contributed by atoms with Crippen molar-refractivity contribution in [3.8, 4) is 0 Å². The van der Waals surface area contributed by atoms with Crippen LogP contribution in [0, 0.1) is 6.92 Å². The van der Waals surface area contributed by atoms with Crippen LogP contribution in [0.4, 0.5) is 0 Å². The van der Waals surface area contributed by atoms with Crippen LogP contribution in [-0.4, -0.2) is 49.3 Å². The van der Waals surface area contributed by atoms with E-state index in [0.717, 1.165) is 0 Å². The SMILES string of the molecule is CCN(CC)S(=O)(=O)c1cc(C(=O)NCCCCC(=O)O)ccc1C. The van der Waals surface area contributed by atoms with Gasteiger partial charge in [-0.05, 0) is 37.5 Å². The van der Waals surface area contributed by atoms with Crippen LogP contribution in [0.3, 0.4) is 0 Å². The fourth-order valence-electron chi connectivity index (χ4n) is 2.43. The average Bonchev–Trinajstić information content (AvgIpc) is 2.55. The van der Waals surface area contributed by atoms with Gasteiger partial charge in [-0.25, -0.2) is 8.42 Å². The molecule has 0 unspecified atom stereocenters. The van der Waals surface area contributed by atoms with Crippen LogP contribution in [0.5, 0.6) is 0 Å². The van der Waals surface area contributed by atoms with Crippen molar-refractivity contribution in [2.45, 2.75) is 44.9 Å². The third-order valence-corrected chi connectivity index (χ3v) is 6.07. The Morgan fingerprint density at radius 1 is 1.16 bits per heavy atom. The molecule has 2 N–H and O–H groups in total. The molecule has 0 aliphatic heterocycles. The van der Waals surface area contributed by atoms with Crippen LogP contribution in [0.1, 0.15) is 49.0 Å². The first-order valence-electron chi connectivity index (χ1n) is 8.34. The quantitative estimate of drug-likeness (QED) is 0.613. The molecule has 1 aromatic rings. The predicted octanol–water partition coefficient (Wildman–Crippen LogP) is 2.01.